The van der Waals surface area contributed by atoms with Crippen LogP contribution in [0.15, 0.2) is 30.3 Å². The standard InChI is InChI=1S/C18H28N2/c1-2-16-14-20(17-11-7-4-8-12-17)18(13-19-16)15-9-5-3-6-10-15/h3,5-6,9-10,16-19H,2,4,7-8,11-14H2,1H3. The van der Waals surface area contributed by atoms with Crippen molar-refractivity contribution in [2.45, 2.75) is 63.6 Å². The maximum atomic E-state index is 3.74. The summed E-state index contributed by atoms with van der Waals surface area (Å²) in [6.07, 6.45) is 8.33. The van der Waals surface area contributed by atoms with Gasteiger partial charge in [-0.1, -0.05) is 56.5 Å². The van der Waals surface area contributed by atoms with Crippen LogP contribution in [0.4, 0.5) is 0 Å². The number of benzene rings is 1. The van der Waals surface area contributed by atoms with Gasteiger partial charge in [-0.25, -0.2) is 0 Å². The molecule has 0 aromatic heterocycles. The molecule has 2 fully saturated rings. The highest BCUT2D eigenvalue weighted by Gasteiger charge is 2.33. The highest BCUT2D eigenvalue weighted by Crippen LogP contribution is 2.32. The predicted molar refractivity (Wildman–Crippen MR) is 84.8 cm³/mol. The van der Waals surface area contributed by atoms with Crippen LogP contribution in [0.1, 0.15) is 57.1 Å². The molecule has 3 rings (SSSR count). The fourth-order valence-corrected chi connectivity index (χ4v) is 3.92. The fourth-order valence-electron chi connectivity index (χ4n) is 3.92. The van der Waals surface area contributed by atoms with Crippen molar-refractivity contribution in [3.05, 3.63) is 35.9 Å². The molecule has 1 aromatic rings. The van der Waals surface area contributed by atoms with E-state index in [1.165, 1.54) is 50.6 Å². The van der Waals surface area contributed by atoms with Crippen LogP contribution in [0.5, 0.6) is 0 Å². The summed E-state index contributed by atoms with van der Waals surface area (Å²) in [4.78, 5) is 2.82. The van der Waals surface area contributed by atoms with E-state index in [9.17, 15) is 0 Å². The molecule has 0 amide bonds. The minimum atomic E-state index is 0.571. The van der Waals surface area contributed by atoms with Crippen molar-refractivity contribution in [1.29, 1.82) is 0 Å². The third-order valence-corrected chi connectivity index (χ3v) is 5.15. The van der Waals surface area contributed by atoms with Crippen LogP contribution in [-0.4, -0.2) is 30.1 Å². The van der Waals surface area contributed by atoms with Crippen molar-refractivity contribution in [3.63, 3.8) is 0 Å². The molecule has 2 nitrogen and oxygen atoms in total. The van der Waals surface area contributed by atoms with Gasteiger partial charge in [0.2, 0.25) is 0 Å². The molecule has 1 saturated heterocycles. The zero-order chi connectivity index (χ0) is 13.8. The van der Waals surface area contributed by atoms with Gasteiger partial charge < -0.3 is 5.32 Å². The topological polar surface area (TPSA) is 15.3 Å². The van der Waals surface area contributed by atoms with E-state index in [1.807, 2.05) is 0 Å². The third-order valence-electron chi connectivity index (χ3n) is 5.15. The van der Waals surface area contributed by atoms with Crippen molar-refractivity contribution < 1.29 is 0 Å². The summed E-state index contributed by atoms with van der Waals surface area (Å²) in [6, 6.07) is 13.1. The second-order valence-corrected chi connectivity index (χ2v) is 6.43. The number of hydrogen-bond acceptors (Lipinski definition) is 2. The molecule has 110 valence electrons. The molecule has 0 radical (unpaired) electrons. The van der Waals surface area contributed by atoms with Gasteiger partial charge in [0, 0.05) is 31.2 Å². The lowest BCUT2D eigenvalue weighted by Gasteiger charge is -2.46. The first-order valence-electron chi connectivity index (χ1n) is 8.42. The zero-order valence-electron chi connectivity index (χ0n) is 12.7. The lowest BCUT2D eigenvalue weighted by atomic mass is 9.90. The lowest BCUT2D eigenvalue weighted by Crippen LogP contribution is -2.55. The first-order chi connectivity index (χ1) is 9.88. The Labute approximate surface area is 123 Å². The molecule has 0 bridgehead atoms. The molecule has 1 heterocycles. The van der Waals surface area contributed by atoms with Crippen LogP contribution in [0.25, 0.3) is 0 Å². The van der Waals surface area contributed by atoms with Crippen molar-refractivity contribution in [2.24, 2.45) is 0 Å². The van der Waals surface area contributed by atoms with Crippen LogP contribution in [0.2, 0.25) is 0 Å². The van der Waals surface area contributed by atoms with E-state index in [0.717, 1.165) is 12.6 Å². The molecule has 2 atom stereocenters. The second kappa shape index (κ2) is 6.73. The van der Waals surface area contributed by atoms with Gasteiger partial charge in [-0.2, -0.15) is 0 Å². The SMILES string of the molecule is CCC1CN(C2CCCCC2)C(c2ccccc2)CN1. The molecule has 2 unspecified atom stereocenters. The predicted octanol–water partition coefficient (Wildman–Crippen LogP) is 3.74. The quantitative estimate of drug-likeness (QED) is 0.901. The molecule has 1 saturated carbocycles. The Kier molecular flexibility index (Phi) is 4.74. The summed E-state index contributed by atoms with van der Waals surface area (Å²) in [6.45, 7) is 4.64. The van der Waals surface area contributed by atoms with Gasteiger partial charge in [-0.05, 0) is 24.8 Å². The van der Waals surface area contributed by atoms with E-state index in [2.05, 4.69) is 47.5 Å². The van der Waals surface area contributed by atoms with Crippen molar-refractivity contribution in [3.8, 4) is 0 Å². The number of rotatable bonds is 3. The van der Waals surface area contributed by atoms with Gasteiger partial charge in [0.15, 0.2) is 0 Å². The summed E-state index contributed by atoms with van der Waals surface area (Å²) in [5.74, 6) is 0. The van der Waals surface area contributed by atoms with Crippen molar-refractivity contribution in [1.82, 2.24) is 10.2 Å². The maximum Gasteiger partial charge on any atom is 0.0476 e. The Hall–Kier alpha value is -0.860. The molecule has 1 aliphatic heterocycles. The van der Waals surface area contributed by atoms with Crippen LogP contribution in [0.3, 0.4) is 0 Å². The molecule has 20 heavy (non-hydrogen) atoms. The van der Waals surface area contributed by atoms with Crippen LogP contribution >= 0.6 is 0 Å². The van der Waals surface area contributed by atoms with Crippen LogP contribution in [0, 0.1) is 0 Å². The zero-order valence-corrected chi connectivity index (χ0v) is 12.7. The Morgan fingerprint density at radius 2 is 1.85 bits per heavy atom. The van der Waals surface area contributed by atoms with E-state index in [1.54, 1.807) is 0 Å². The van der Waals surface area contributed by atoms with E-state index in [4.69, 9.17) is 0 Å². The Bertz CT molecular complexity index is 397. The average molecular weight is 272 g/mol. The number of hydrogen-bond donors (Lipinski definition) is 1. The molecular weight excluding hydrogens is 244 g/mol. The van der Waals surface area contributed by atoms with E-state index < -0.39 is 0 Å². The van der Waals surface area contributed by atoms with E-state index in [0.29, 0.717) is 12.1 Å². The fraction of sp³-hybridized carbons (Fsp3) is 0.667. The number of nitrogens with zero attached hydrogens (tertiary/aromatic N) is 1. The van der Waals surface area contributed by atoms with Crippen LogP contribution in [-0.2, 0) is 0 Å². The monoisotopic (exact) mass is 272 g/mol. The minimum absolute atomic E-state index is 0.571. The number of piperazine rings is 1. The highest BCUT2D eigenvalue weighted by atomic mass is 15.3. The molecule has 1 N–H and O–H groups in total. The number of nitrogens with one attached hydrogen (secondary N) is 1. The van der Waals surface area contributed by atoms with Gasteiger partial charge in [-0.3, -0.25) is 4.90 Å². The molecule has 1 aromatic carbocycles. The first-order valence-corrected chi connectivity index (χ1v) is 8.42. The van der Waals surface area contributed by atoms with Gasteiger partial charge in [0.05, 0.1) is 0 Å². The summed E-state index contributed by atoms with van der Waals surface area (Å²) in [7, 11) is 0. The lowest BCUT2D eigenvalue weighted by molar-refractivity contribution is 0.0601. The minimum Gasteiger partial charge on any atom is -0.311 e. The highest BCUT2D eigenvalue weighted by molar-refractivity contribution is 5.20. The van der Waals surface area contributed by atoms with Gasteiger partial charge in [-0.15, -0.1) is 0 Å². The molecule has 2 aliphatic rings. The van der Waals surface area contributed by atoms with Crippen LogP contribution < -0.4 is 5.32 Å². The molecule has 1 aliphatic carbocycles. The summed E-state index contributed by atoms with van der Waals surface area (Å²) >= 11 is 0. The van der Waals surface area contributed by atoms with E-state index in [-0.39, 0.29) is 0 Å². The Morgan fingerprint density at radius 3 is 2.55 bits per heavy atom. The Balaban J connectivity index is 1.79. The van der Waals surface area contributed by atoms with Gasteiger partial charge in [0.25, 0.3) is 0 Å². The Morgan fingerprint density at radius 1 is 1.10 bits per heavy atom. The largest absolute Gasteiger partial charge is 0.311 e. The molecular formula is C18H28N2. The van der Waals surface area contributed by atoms with Crippen molar-refractivity contribution >= 4 is 0 Å². The van der Waals surface area contributed by atoms with E-state index >= 15 is 0 Å². The average Bonchev–Trinajstić information content (AvgIpc) is 2.56. The summed E-state index contributed by atoms with van der Waals surface area (Å²) in [5.41, 5.74) is 1.49. The van der Waals surface area contributed by atoms with Crippen molar-refractivity contribution in [2.75, 3.05) is 13.1 Å². The third kappa shape index (κ3) is 3.07. The maximum absolute atomic E-state index is 3.74. The molecule has 0 spiro atoms. The second-order valence-electron chi connectivity index (χ2n) is 6.43. The normalized spacial score (nSPS) is 29.4. The first kappa shape index (κ1) is 14.1. The summed E-state index contributed by atoms with van der Waals surface area (Å²) < 4.78 is 0. The molecule has 2 heteroatoms. The summed E-state index contributed by atoms with van der Waals surface area (Å²) in [5, 5.41) is 3.74. The van der Waals surface area contributed by atoms with Gasteiger partial charge in [0.1, 0.15) is 0 Å². The smallest absolute Gasteiger partial charge is 0.0476 e. The van der Waals surface area contributed by atoms with Gasteiger partial charge >= 0.3 is 0 Å².